The van der Waals surface area contributed by atoms with E-state index in [1.165, 1.54) is 10.4 Å². The molecule has 3 aromatic rings. The molecule has 0 spiro atoms. The van der Waals surface area contributed by atoms with Gasteiger partial charge in [0.05, 0.1) is 5.75 Å². The second kappa shape index (κ2) is 7.43. The topological polar surface area (TPSA) is 112 Å². The third-order valence-electron chi connectivity index (χ3n) is 3.48. The maximum atomic E-state index is 10.7. The van der Waals surface area contributed by atoms with E-state index < -0.39 is 5.97 Å². The first kappa shape index (κ1) is 17.1. The largest absolute Gasteiger partial charge is 0.481 e. The van der Waals surface area contributed by atoms with Crippen molar-refractivity contribution >= 4 is 17.7 Å². The van der Waals surface area contributed by atoms with Crippen molar-refractivity contribution in [2.45, 2.75) is 32.1 Å². The van der Waals surface area contributed by atoms with E-state index in [2.05, 4.69) is 25.6 Å². The number of hydrogen-bond donors (Lipinski definition) is 1. The van der Waals surface area contributed by atoms with Crippen LogP contribution in [0.1, 0.15) is 18.3 Å². The summed E-state index contributed by atoms with van der Waals surface area (Å²) in [6.45, 7) is 4.91. The van der Waals surface area contributed by atoms with Gasteiger partial charge in [0, 0.05) is 12.1 Å². The van der Waals surface area contributed by atoms with Crippen molar-refractivity contribution in [1.82, 2.24) is 35.0 Å². The van der Waals surface area contributed by atoms with E-state index >= 15 is 0 Å². The van der Waals surface area contributed by atoms with E-state index in [4.69, 9.17) is 5.11 Å². The number of aliphatic carboxylic acids is 1. The molecule has 25 heavy (non-hydrogen) atoms. The zero-order valence-corrected chi connectivity index (χ0v) is 14.6. The van der Waals surface area contributed by atoms with Crippen molar-refractivity contribution in [3.05, 3.63) is 35.7 Å². The zero-order valence-electron chi connectivity index (χ0n) is 13.8. The highest BCUT2D eigenvalue weighted by Gasteiger charge is 2.15. The number of thioether (sulfide) groups is 1. The molecule has 0 bridgehead atoms. The highest BCUT2D eigenvalue weighted by Crippen LogP contribution is 2.18. The molecule has 1 N–H and O–H groups in total. The zero-order chi connectivity index (χ0) is 17.8. The van der Waals surface area contributed by atoms with Crippen LogP contribution in [-0.4, -0.2) is 51.8 Å². The number of nitrogens with zero attached hydrogens (tertiary/aromatic N) is 7. The lowest BCUT2D eigenvalue weighted by Gasteiger charge is -2.05. The first-order chi connectivity index (χ1) is 12.1. The first-order valence-electron chi connectivity index (χ1n) is 7.68. The van der Waals surface area contributed by atoms with E-state index in [1.54, 1.807) is 0 Å². The molecule has 0 atom stereocenters. The highest BCUT2D eigenvalue weighted by molar-refractivity contribution is 7.99. The maximum absolute atomic E-state index is 10.7. The van der Waals surface area contributed by atoms with E-state index in [1.807, 2.05) is 42.7 Å². The highest BCUT2D eigenvalue weighted by atomic mass is 32.2. The molecule has 0 saturated carbocycles. The predicted molar refractivity (Wildman–Crippen MR) is 91.1 cm³/mol. The molecule has 3 rings (SSSR count). The van der Waals surface area contributed by atoms with Gasteiger partial charge in [0.15, 0.2) is 11.0 Å². The molecule has 0 radical (unpaired) electrons. The molecule has 0 aliphatic heterocycles. The normalized spacial score (nSPS) is 11.0. The number of aryl methyl sites for hydroxylation is 1. The number of tetrazole rings is 1. The van der Waals surface area contributed by atoms with Gasteiger partial charge in [-0.2, -0.15) is 4.80 Å². The van der Waals surface area contributed by atoms with Gasteiger partial charge >= 0.3 is 5.97 Å². The number of carboxylic acid groups (broad SMARTS) is 1. The molecule has 0 aliphatic rings. The van der Waals surface area contributed by atoms with Gasteiger partial charge < -0.3 is 9.67 Å². The fourth-order valence-electron chi connectivity index (χ4n) is 2.24. The maximum Gasteiger partial charge on any atom is 0.313 e. The Bertz CT molecular complexity index is 872. The summed E-state index contributed by atoms with van der Waals surface area (Å²) in [6, 6.07) is 7.89. The van der Waals surface area contributed by atoms with Crippen molar-refractivity contribution in [2.24, 2.45) is 0 Å². The van der Waals surface area contributed by atoms with E-state index in [0.717, 1.165) is 17.3 Å². The van der Waals surface area contributed by atoms with Crippen molar-refractivity contribution in [3.63, 3.8) is 0 Å². The SMILES string of the molecule is CCn1c(Cn2nnc(-c3ccc(C)cc3)n2)nnc1SCC(=O)O. The van der Waals surface area contributed by atoms with Crippen molar-refractivity contribution in [2.75, 3.05) is 5.75 Å². The lowest BCUT2D eigenvalue weighted by molar-refractivity contribution is -0.133. The van der Waals surface area contributed by atoms with Crippen molar-refractivity contribution < 1.29 is 9.90 Å². The smallest absolute Gasteiger partial charge is 0.313 e. The lowest BCUT2D eigenvalue weighted by atomic mass is 10.1. The predicted octanol–water partition coefficient (Wildman–Crippen LogP) is 1.48. The monoisotopic (exact) mass is 359 g/mol. The van der Waals surface area contributed by atoms with Gasteiger partial charge in [-0.3, -0.25) is 4.79 Å². The molecule has 2 heterocycles. The van der Waals surface area contributed by atoms with Gasteiger partial charge in [-0.1, -0.05) is 41.6 Å². The van der Waals surface area contributed by atoms with Crippen LogP contribution in [-0.2, 0) is 17.9 Å². The molecule has 130 valence electrons. The number of benzene rings is 1. The van der Waals surface area contributed by atoms with Crippen molar-refractivity contribution in [3.8, 4) is 11.4 Å². The number of carbonyl (C=O) groups is 1. The Morgan fingerprint density at radius 2 is 1.96 bits per heavy atom. The number of aromatic nitrogens is 7. The first-order valence-corrected chi connectivity index (χ1v) is 8.67. The fourth-order valence-corrected chi connectivity index (χ4v) is 2.98. The van der Waals surface area contributed by atoms with E-state index in [-0.39, 0.29) is 5.75 Å². The Balaban J connectivity index is 1.76. The summed E-state index contributed by atoms with van der Waals surface area (Å²) in [6.07, 6.45) is 0. The van der Waals surface area contributed by atoms with Crippen LogP contribution in [0.4, 0.5) is 0 Å². The van der Waals surface area contributed by atoms with Crippen LogP contribution in [0.5, 0.6) is 0 Å². The summed E-state index contributed by atoms with van der Waals surface area (Å²) in [7, 11) is 0. The summed E-state index contributed by atoms with van der Waals surface area (Å²) < 4.78 is 1.85. The molecule has 1 aromatic carbocycles. The molecule has 0 aliphatic carbocycles. The third-order valence-corrected chi connectivity index (χ3v) is 4.43. The Kier molecular flexibility index (Phi) is 5.08. The molecular formula is C15H17N7O2S. The Hall–Kier alpha value is -2.75. The summed E-state index contributed by atoms with van der Waals surface area (Å²) in [5, 5.41) is 30.1. The third kappa shape index (κ3) is 4.02. The van der Waals surface area contributed by atoms with Gasteiger partial charge in [0.25, 0.3) is 0 Å². The lowest BCUT2D eigenvalue weighted by Crippen LogP contribution is -2.11. The number of rotatable bonds is 7. The van der Waals surface area contributed by atoms with Crippen LogP contribution >= 0.6 is 11.8 Å². The van der Waals surface area contributed by atoms with Gasteiger partial charge in [-0.25, -0.2) is 0 Å². The molecule has 2 aromatic heterocycles. The molecule has 0 fully saturated rings. The molecule has 0 amide bonds. The Morgan fingerprint density at radius 3 is 2.64 bits per heavy atom. The molecule has 9 nitrogen and oxygen atoms in total. The summed E-state index contributed by atoms with van der Waals surface area (Å²) in [5.74, 6) is 0.251. The summed E-state index contributed by atoms with van der Waals surface area (Å²) >= 11 is 1.14. The Morgan fingerprint density at radius 1 is 1.20 bits per heavy atom. The van der Waals surface area contributed by atoms with Gasteiger partial charge in [0.1, 0.15) is 6.54 Å². The molecule has 0 saturated heterocycles. The van der Waals surface area contributed by atoms with Crippen LogP contribution in [0.15, 0.2) is 29.4 Å². The van der Waals surface area contributed by atoms with Crippen LogP contribution in [0.3, 0.4) is 0 Å². The van der Waals surface area contributed by atoms with E-state index in [9.17, 15) is 4.79 Å². The summed E-state index contributed by atoms with van der Waals surface area (Å²) in [5.41, 5.74) is 2.06. The number of carboxylic acids is 1. The quantitative estimate of drug-likeness (QED) is 0.632. The van der Waals surface area contributed by atoms with Crippen molar-refractivity contribution in [1.29, 1.82) is 0 Å². The minimum atomic E-state index is -0.891. The standard InChI is InChI=1S/C15H17N7O2S/c1-3-21-12(16-18-15(21)25-9-13(23)24)8-22-19-14(17-20-22)11-6-4-10(2)5-7-11/h4-7H,3,8-9H2,1-2H3,(H,23,24). The van der Waals surface area contributed by atoms with Crippen LogP contribution in [0.25, 0.3) is 11.4 Å². The molecule has 10 heteroatoms. The van der Waals surface area contributed by atoms with Crippen LogP contribution in [0, 0.1) is 6.92 Å². The second-order valence-electron chi connectivity index (χ2n) is 5.33. The fraction of sp³-hybridized carbons (Fsp3) is 0.333. The van der Waals surface area contributed by atoms with Crippen LogP contribution in [0.2, 0.25) is 0 Å². The Labute approximate surface area is 148 Å². The van der Waals surface area contributed by atoms with Gasteiger partial charge in [0.2, 0.25) is 5.82 Å². The minimum Gasteiger partial charge on any atom is -0.481 e. The van der Waals surface area contributed by atoms with E-state index in [0.29, 0.717) is 29.9 Å². The average molecular weight is 359 g/mol. The van der Waals surface area contributed by atoms with Gasteiger partial charge in [-0.05, 0) is 19.1 Å². The molecule has 0 unspecified atom stereocenters. The summed E-state index contributed by atoms with van der Waals surface area (Å²) in [4.78, 5) is 12.2. The minimum absolute atomic E-state index is 0.0583. The second-order valence-corrected chi connectivity index (χ2v) is 6.28. The molecular weight excluding hydrogens is 342 g/mol. The van der Waals surface area contributed by atoms with Gasteiger partial charge in [-0.15, -0.1) is 20.4 Å². The number of hydrogen-bond acceptors (Lipinski definition) is 7. The average Bonchev–Trinajstić information content (AvgIpc) is 3.21. The van der Waals surface area contributed by atoms with Crippen LogP contribution < -0.4 is 0 Å².